The highest BCUT2D eigenvalue weighted by Crippen LogP contribution is 2.36. The second kappa shape index (κ2) is 6.24. The van der Waals surface area contributed by atoms with Gasteiger partial charge in [0.05, 0.1) is 16.8 Å². The minimum absolute atomic E-state index is 0.775. The van der Waals surface area contributed by atoms with Gasteiger partial charge < -0.3 is 9.73 Å². The second-order valence-electron chi connectivity index (χ2n) is 4.87. The number of nitrogens with one attached hydrogen (secondary N) is 1. The van der Waals surface area contributed by atoms with E-state index in [1.165, 1.54) is 10.4 Å². The normalized spacial score (nSPS) is 11.0. The number of aromatic nitrogens is 1. The summed E-state index contributed by atoms with van der Waals surface area (Å²) in [6.45, 7) is 5.86. The van der Waals surface area contributed by atoms with E-state index in [-0.39, 0.29) is 0 Å². The number of thiazole rings is 1. The van der Waals surface area contributed by atoms with Gasteiger partial charge >= 0.3 is 0 Å². The van der Waals surface area contributed by atoms with Crippen LogP contribution in [0.2, 0.25) is 0 Å². The molecular formula is C17H18N2OS. The predicted octanol–water partition coefficient (Wildman–Crippen LogP) is 4.49. The molecule has 0 aliphatic rings. The molecule has 3 rings (SSSR count). The van der Waals surface area contributed by atoms with Crippen molar-refractivity contribution >= 4 is 11.3 Å². The van der Waals surface area contributed by atoms with Gasteiger partial charge in [-0.25, -0.2) is 4.98 Å². The van der Waals surface area contributed by atoms with Crippen molar-refractivity contribution in [1.29, 1.82) is 0 Å². The lowest BCUT2D eigenvalue weighted by molar-refractivity contribution is 0.580. The lowest BCUT2D eigenvalue weighted by atomic mass is 10.1. The summed E-state index contributed by atoms with van der Waals surface area (Å²) in [6, 6.07) is 12.4. The third-order valence-corrected chi connectivity index (χ3v) is 4.48. The van der Waals surface area contributed by atoms with Crippen LogP contribution >= 0.6 is 11.3 Å². The first-order chi connectivity index (χ1) is 10.3. The van der Waals surface area contributed by atoms with Crippen molar-refractivity contribution in [2.24, 2.45) is 0 Å². The third-order valence-electron chi connectivity index (χ3n) is 3.33. The molecule has 3 nitrogen and oxygen atoms in total. The first-order valence-electron chi connectivity index (χ1n) is 7.10. The molecule has 4 heteroatoms. The molecule has 2 heterocycles. The van der Waals surface area contributed by atoms with Gasteiger partial charge in [0.2, 0.25) is 0 Å². The Bertz CT molecular complexity index is 715. The maximum atomic E-state index is 5.59. The van der Waals surface area contributed by atoms with Gasteiger partial charge in [0.1, 0.15) is 0 Å². The smallest absolute Gasteiger partial charge is 0.165 e. The largest absolute Gasteiger partial charge is 0.462 e. The van der Waals surface area contributed by atoms with E-state index < -0.39 is 0 Å². The number of aryl methyl sites for hydroxylation is 1. The maximum absolute atomic E-state index is 5.59. The summed E-state index contributed by atoms with van der Waals surface area (Å²) < 4.78 is 5.59. The van der Waals surface area contributed by atoms with Crippen molar-refractivity contribution < 1.29 is 4.42 Å². The minimum atomic E-state index is 0.775. The number of nitrogens with zero attached hydrogens (tertiary/aromatic N) is 1. The number of furan rings is 1. The van der Waals surface area contributed by atoms with Crippen LogP contribution in [0.25, 0.3) is 21.2 Å². The van der Waals surface area contributed by atoms with Gasteiger partial charge in [-0.2, -0.15) is 0 Å². The number of hydrogen-bond acceptors (Lipinski definition) is 4. The standard InChI is InChI=1S/C17H18N2OS/c1-3-18-11-14-16(13-7-5-4-6-8-13)21-17(19-14)15-12(2)9-10-20-15/h4-10,18H,3,11H2,1-2H3. The Morgan fingerprint density at radius 3 is 2.67 bits per heavy atom. The predicted molar refractivity (Wildman–Crippen MR) is 87.4 cm³/mol. The number of rotatable bonds is 5. The fourth-order valence-corrected chi connectivity index (χ4v) is 3.36. The van der Waals surface area contributed by atoms with Crippen LogP contribution < -0.4 is 5.32 Å². The van der Waals surface area contributed by atoms with E-state index in [2.05, 4.69) is 36.5 Å². The molecule has 0 saturated carbocycles. The molecule has 0 aliphatic heterocycles. The lowest BCUT2D eigenvalue weighted by Gasteiger charge is -2.02. The quantitative estimate of drug-likeness (QED) is 0.754. The highest BCUT2D eigenvalue weighted by atomic mass is 32.1. The summed E-state index contributed by atoms with van der Waals surface area (Å²) in [5.41, 5.74) is 3.41. The highest BCUT2D eigenvalue weighted by molar-refractivity contribution is 7.18. The molecule has 108 valence electrons. The monoisotopic (exact) mass is 298 g/mol. The van der Waals surface area contributed by atoms with E-state index >= 15 is 0 Å². The van der Waals surface area contributed by atoms with Crippen molar-refractivity contribution in [1.82, 2.24) is 10.3 Å². The molecule has 0 unspecified atom stereocenters. The van der Waals surface area contributed by atoms with Crippen LogP contribution in [0.15, 0.2) is 47.1 Å². The van der Waals surface area contributed by atoms with E-state index in [0.717, 1.165) is 35.1 Å². The van der Waals surface area contributed by atoms with Crippen LogP contribution in [0.3, 0.4) is 0 Å². The Kier molecular flexibility index (Phi) is 4.18. The SMILES string of the molecule is CCNCc1nc(-c2occc2C)sc1-c1ccccc1. The zero-order valence-electron chi connectivity index (χ0n) is 12.2. The van der Waals surface area contributed by atoms with Gasteiger partial charge in [0.15, 0.2) is 10.8 Å². The van der Waals surface area contributed by atoms with Crippen LogP contribution in [0.4, 0.5) is 0 Å². The molecule has 1 N–H and O–H groups in total. The summed E-state index contributed by atoms with van der Waals surface area (Å²) in [5.74, 6) is 0.875. The minimum Gasteiger partial charge on any atom is -0.462 e. The van der Waals surface area contributed by atoms with Gasteiger partial charge in [-0.05, 0) is 30.7 Å². The fraction of sp³-hybridized carbons (Fsp3) is 0.235. The molecule has 0 fully saturated rings. The number of benzene rings is 1. The Hall–Kier alpha value is -1.91. The van der Waals surface area contributed by atoms with Gasteiger partial charge in [-0.3, -0.25) is 0 Å². The fourth-order valence-electron chi connectivity index (χ4n) is 2.22. The lowest BCUT2D eigenvalue weighted by Crippen LogP contribution is -2.12. The van der Waals surface area contributed by atoms with Gasteiger partial charge in [-0.1, -0.05) is 37.3 Å². The highest BCUT2D eigenvalue weighted by Gasteiger charge is 2.16. The Morgan fingerprint density at radius 1 is 1.19 bits per heavy atom. The zero-order valence-corrected chi connectivity index (χ0v) is 13.0. The third kappa shape index (κ3) is 2.91. The van der Waals surface area contributed by atoms with Crippen molar-refractivity contribution in [3.05, 3.63) is 53.9 Å². The van der Waals surface area contributed by atoms with E-state index in [0.29, 0.717) is 0 Å². The summed E-state index contributed by atoms with van der Waals surface area (Å²) in [4.78, 5) is 6.00. The van der Waals surface area contributed by atoms with Gasteiger partial charge in [0.25, 0.3) is 0 Å². The molecular weight excluding hydrogens is 280 g/mol. The first kappa shape index (κ1) is 14.0. The van der Waals surface area contributed by atoms with Crippen LogP contribution in [0.5, 0.6) is 0 Å². The number of hydrogen-bond donors (Lipinski definition) is 1. The maximum Gasteiger partial charge on any atom is 0.165 e. The van der Waals surface area contributed by atoms with E-state index in [9.17, 15) is 0 Å². The van der Waals surface area contributed by atoms with Crippen LogP contribution in [-0.2, 0) is 6.54 Å². The Labute approximate surface area is 128 Å². The van der Waals surface area contributed by atoms with Crippen molar-refractivity contribution in [3.63, 3.8) is 0 Å². The molecule has 0 spiro atoms. The first-order valence-corrected chi connectivity index (χ1v) is 7.91. The van der Waals surface area contributed by atoms with Gasteiger partial charge in [0, 0.05) is 6.54 Å². The molecule has 0 aliphatic carbocycles. The van der Waals surface area contributed by atoms with Crippen molar-refractivity contribution in [3.8, 4) is 21.2 Å². The summed E-state index contributed by atoms with van der Waals surface area (Å²) >= 11 is 1.69. The Balaban J connectivity index is 2.05. The molecule has 1 aromatic carbocycles. The summed E-state index contributed by atoms with van der Waals surface area (Å²) in [5, 5.41) is 4.31. The molecule has 0 amide bonds. The van der Waals surface area contributed by atoms with Crippen LogP contribution in [-0.4, -0.2) is 11.5 Å². The van der Waals surface area contributed by atoms with Crippen molar-refractivity contribution in [2.45, 2.75) is 20.4 Å². The molecule has 3 aromatic rings. The molecule has 0 saturated heterocycles. The summed E-state index contributed by atoms with van der Waals surface area (Å²) in [6.07, 6.45) is 1.72. The van der Waals surface area contributed by atoms with Gasteiger partial charge in [-0.15, -0.1) is 11.3 Å². The second-order valence-corrected chi connectivity index (χ2v) is 5.87. The van der Waals surface area contributed by atoms with Crippen LogP contribution in [0.1, 0.15) is 18.2 Å². The molecule has 0 bridgehead atoms. The molecule has 2 aromatic heterocycles. The van der Waals surface area contributed by atoms with Crippen LogP contribution in [0, 0.1) is 6.92 Å². The van der Waals surface area contributed by atoms with Crippen molar-refractivity contribution in [2.75, 3.05) is 6.54 Å². The molecule has 0 atom stereocenters. The molecule has 0 radical (unpaired) electrons. The summed E-state index contributed by atoms with van der Waals surface area (Å²) in [7, 11) is 0. The Morgan fingerprint density at radius 2 is 2.00 bits per heavy atom. The zero-order chi connectivity index (χ0) is 14.7. The van der Waals surface area contributed by atoms with E-state index in [4.69, 9.17) is 9.40 Å². The average molecular weight is 298 g/mol. The van der Waals surface area contributed by atoms with E-state index in [1.54, 1.807) is 17.6 Å². The van der Waals surface area contributed by atoms with E-state index in [1.807, 2.05) is 19.1 Å². The molecule has 21 heavy (non-hydrogen) atoms. The topological polar surface area (TPSA) is 38.1 Å². The average Bonchev–Trinajstić information content (AvgIpc) is 3.12.